The van der Waals surface area contributed by atoms with Crippen molar-refractivity contribution in [2.24, 2.45) is 0 Å². The largest absolute Gasteiger partial charge is 0.507 e. The van der Waals surface area contributed by atoms with Gasteiger partial charge < -0.3 is 20.6 Å². The number of nitrogens with one attached hydrogen (secondary N) is 1. The normalized spacial score (nSPS) is 10.0. The van der Waals surface area contributed by atoms with Gasteiger partial charge in [0.1, 0.15) is 17.1 Å². The van der Waals surface area contributed by atoms with E-state index in [0.717, 1.165) is 18.3 Å². The molecule has 0 saturated carbocycles. The molecule has 0 aliphatic rings. The second kappa shape index (κ2) is 5.27. The molecule has 4 N–H and O–H groups in total. The number of aromatic nitrogens is 1. The van der Waals surface area contributed by atoms with E-state index in [2.05, 4.69) is 10.3 Å². The molecule has 0 fully saturated rings. The van der Waals surface area contributed by atoms with Crippen molar-refractivity contribution in [3.8, 4) is 11.5 Å². The number of anilines is 1. The third kappa shape index (κ3) is 2.66. The Bertz CT molecular complexity index is 684. The molecule has 1 amide bonds. The van der Waals surface area contributed by atoms with E-state index in [9.17, 15) is 19.8 Å². The van der Waals surface area contributed by atoms with E-state index in [1.165, 1.54) is 18.3 Å². The van der Waals surface area contributed by atoms with Crippen LogP contribution in [0, 0.1) is 0 Å². The lowest BCUT2D eigenvalue weighted by atomic mass is 10.1. The molecule has 0 unspecified atom stereocenters. The Balaban J connectivity index is 2.27. The fraction of sp³-hybridized carbons (Fsp3) is 0. The van der Waals surface area contributed by atoms with E-state index in [-0.39, 0.29) is 22.6 Å². The van der Waals surface area contributed by atoms with Gasteiger partial charge in [0.15, 0.2) is 0 Å². The molecular weight excluding hydrogens is 264 g/mol. The minimum Gasteiger partial charge on any atom is -0.507 e. The first-order valence-electron chi connectivity index (χ1n) is 5.49. The van der Waals surface area contributed by atoms with Gasteiger partial charge in [0.05, 0.1) is 11.8 Å². The number of phenols is 1. The van der Waals surface area contributed by atoms with Gasteiger partial charge in [-0.05, 0) is 24.3 Å². The quantitative estimate of drug-likeness (QED) is 0.629. The standard InChI is InChI=1S/C13H10N2O5/c16-10-2-1-7(5-9(10)13(19)20)15-12(18)8-3-4-14-6-11(8)17/h1-6,16-17H,(H,15,18)(H,19,20). The lowest BCUT2D eigenvalue weighted by Gasteiger charge is -2.08. The van der Waals surface area contributed by atoms with Crippen LogP contribution in [0.1, 0.15) is 20.7 Å². The summed E-state index contributed by atoms with van der Waals surface area (Å²) in [7, 11) is 0. The number of hydrogen-bond acceptors (Lipinski definition) is 5. The number of nitrogens with zero attached hydrogens (tertiary/aromatic N) is 1. The third-order valence-electron chi connectivity index (χ3n) is 2.53. The van der Waals surface area contributed by atoms with Gasteiger partial charge in [-0.15, -0.1) is 0 Å². The fourth-order valence-electron chi connectivity index (χ4n) is 1.56. The van der Waals surface area contributed by atoms with E-state index in [1.54, 1.807) is 0 Å². The summed E-state index contributed by atoms with van der Waals surface area (Å²) >= 11 is 0. The molecule has 1 heterocycles. The van der Waals surface area contributed by atoms with Crippen LogP contribution in [0.5, 0.6) is 11.5 Å². The van der Waals surface area contributed by atoms with E-state index in [1.807, 2.05) is 0 Å². The van der Waals surface area contributed by atoms with Gasteiger partial charge in [-0.25, -0.2) is 4.79 Å². The highest BCUT2D eigenvalue weighted by atomic mass is 16.4. The van der Waals surface area contributed by atoms with Crippen LogP contribution >= 0.6 is 0 Å². The second-order valence-corrected chi connectivity index (χ2v) is 3.88. The molecule has 1 aromatic carbocycles. The molecule has 0 radical (unpaired) electrons. The summed E-state index contributed by atoms with van der Waals surface area (Å²) in [5.41, 5.74) is -0.145. The molecule has 0 atom stereocenters. The van der Waals surface area contributed by atoms with Crippen LogP contribution in [-0.2, 0) is 0 Å². The average molecular weight is 274 g/mol. The van der Waals surface area contributed by atoms with Crippen molar-refractivity contribution in [1.82, 2.24) is 4.98 Å². The van der Waals surface area contributed by atoms with Crippen molar-refractivity contribution < 1.29 is 24.9 Å². The lowest BCUT2D eigenvalue weighted by Crippen LogP contribution is -2.12. The van der Waals surface area contributed by atoms with Crippen LogP contribution in [-0.4, -0.2) is 32.2 Å². The predicted molar refractivity (Wildman–Crippen MR) is 68.9 cm³/mol. The Labute approximate surface area is 113 Å². The highest BCUT2D eigenvalue weighted by Crippen LogP contribution is 2.23. The highest BCUT2D eigenvalue weighted by molar-refractivity contribution is 6.06. The number of aromatic carboxylic acids is 1. The average Bonchev–Trinajstić information content (AvgIpc) is 2.41. The SMILES string of the molecule is O=C(O)c1cc(NC(=O)c2ccncc2O)ccc1O. The van der Waals surface area contributed by atoms with Gasteiger partial charge in [-0.2, -0.15) is 0 Å². The van der Waals surface area contributed by atoms with Crippen molar-refractivity contribution in [1.29, 1.82) is 0 Å². The molecule has 0 saturated heterocycles. The van der Waals surface area contributed by atoms with E-state index in [4.69, 9.17) is 5.11 Å². The number of hydrogen-bond donors (Lipinski definition) is 4. The number of carboxylic acid groups (broad SMARTS) is 1. The van der Waals surface area contributed by atoms with Crippen LogP contribution in [0.2, 0.25) is 0 Å². The number of pyridine rings is 1. The van der Waals surface area contributed by atoms with Gasteiger partial charge in [0.2, 0.25) is 0 Å². The van der Waals surface area contributed by atoms with Crippen molar-refractivity contribution in [2.45, 2.75) is 0 Å². The van der Waals surface area contributed by atoms with Crippen molar-refractivity contribution in [3.63, 3.8) is 0 Å². The zero-order valence-corrected chi connectivity index (χ0v) is 10.1. The molecule has 2 rings (SSSR count). The van der Waals surface area contributed by atoms with Crippen LogP contribution in [0.3, 0.4) is 0 Å². The number of aromatic hydroxyl groups is 2. The number of benzene rings is 1. The number of carbonyl (C=O) groups is 2. The number of carboxylic acids is 1. The summed E-state index contributed by atoms with van der Waals surface area (Å²) < 4.78 is 0. The Morgan fingerprint density at radius 1 is 1.05 bits per heavy atom. The lowest BCUT2D eigenvalue weighted by molar-refractivity contribution is 0.0693. The van der Waals surface area contributed by atoms with Gasteiger partial charge in [0, 0.05) is 11.9 Å². The number of amides is 1. The minimum absolute atomic E-state index is 0.00458. The molecule has 20 heavy (non-hydrogen) atoms. The molecule has 1 aromatic heterocycles. The smallest absolute Gasteiger partial charge is 0.339 e. The first-order valence-corrected chi connectivity index (χ1v) is 5.49. The Hall–Kier alpha value is -3.09. The summed E-state index contributed by atoms with van der Waals surface area (Å²) in [6.45, 7) is 0. The molecule has 0 aliphatic carbocycles. The van der Waals surface area contributed by atoms with Crippen LogP contribution < -0.4 is 5.32 Å². The zero-order chi connectivity index (χ0) is 14.7. The molecule has 0 aliphatic heterocycles. The second-order valence-electron chi connectivity index (χ2n) is 3.88. The van der Waals surface area contributed by atoms with E-state index < -0.39 is 17.6 Å². The highest BCUT2D eigenvalue weighted by Gasteiger charge is 2.14. The molecule has 2 aromatic rings. The Kier molecular flexibility index (Phi) is 3.52. The predicted octanol–water partition coefficient (Wildman–Crippen LogP) is 1.44. The maximum Gasteiger partial charge on any atom is 0.339 e. The molecule has 7 nitrogen and oxygen atoms in total. The summed E-state index contributed by atoms with van der Waals surface area (Å²) in [6, 6.07) is 4.94. The van der Waals surface area contributed by atoms with Crippen molar-refractivity contribution in [3.05, 3.63) is 47.8 Å². The van der Waals surface area contributed by atoms with Gasteiger partial charge in [-0.3, -0.25) is 9.78 Å². The minimum atomic E-state index is -1.31. The maximum absolute atomic E-state index is 11.9. The number of rotatable bonds is 3. The number of carbonyl (C=O) groups excluding carboxylic acids is 1. The maximum atomic E-state index is 11.9. The first-order chi connectivity index (χ1) is 9.49. The molecule has 0 bridgehead atoms. The fourth-order valence-corrected chi connectivity index (χ4v) is 1.56. The van der Waals surface area contributed by atoms with Gasteiger partial charge >= 0.3 is 5.97 Å². The van der Waals surface area contributed by atoms with Gasteiger partial charge in [-0.1, -0.05) is 0 Å². The Morgan fingerprint density at radius 3 is 2.45 bits per heavy atom. The summed E-state index contributed by atoms with van der Waals surface area (Å²) in [5.74, 6) is -2.62. The molecular formula is C13H10N2O5. The summed E-state index contributed by atoms with van der Waals surface area (Å²) in [6.07, 6.45) is 2.46. The van der Waals surface area contributed by atoms with E-state index in [0.29, 0.717) is 0 Å². The van der Waals surface area contributed by atoms with Crippen LogP contribution in [0.15, 0.2) is 36.7 Å². The summed E-state index contributed by atoms with van der Waals surface area (Å²) in [5, 5.41) is 30.1. The van der Waals surface area contributed by atoms with Crippen molar-refractivity contribution in [2.75, 3.05) is 5.32 Å². The van der Waals surface area contributed by atoms with E-state index >= 15 is 0 Å². The zero-order valence-electron chi connectivity index (χ0n) is 10.1. The monoisotopic (exact) mass is 274 g/mol. The van der Waals surface area contributed by atoms with Gasteiger partial charge in [0.25, 0.3) is 5.91 Å². The third-order valence-corrected chi connectivity index (χ3v) is 2.53. The summed E-state index contributed by atoms with van der Waals surface area (Å²) in [4.78, 5) is 26.4. The molecule has 7 heteroatoms. The Morgan fingerprint density at radius 2 is 1.80 bits per heavy atom. The molecule has 0 spiro atoms. The van der Waals surface area contributed by atoms with Crippen molar-refractivity contribution >= 4 is 17.6 Å². The van der Waals surface area contributed by atoms with Crippen LogP contribution in [0.4, 0.5) is 5.69 Å². The molecule has 102 valence electrons. The first kappa shape index (κ1) is 13.3. The topological polar surface area (TPSA) is 120 Å². The van der Waals surface area contributed by atoms with Crippen LogP contribution in [0.25, 0.3) is 0 Å².